The van der Waals surface area contributed by atoms with Gasteiger partial charge in [0.15, 0.2) is 5.69 Å². The third-order valence-electron chi connectivity index (χ3n) is 1.55. The van der Waals surface area contributed by atoms with E-state index in [0.29, 0.717) is 12.4 Å². The minimum atomic E-state index is -0.309. The number of carbonyl (C=O) groups is 1. The molecular formula is C9H13N3O2. The average molecular weight is 195 g/mol. The van der Waals surface area contributed by atoms with Gasteiger partial charge < -0.3 is 15.5 Å². The normalized spacial score (nSPS) is 12.1. The maximum Gasteiger partial charge on any atom is 0.273 e. The molecule has 5 nitrogen and oxygen atoms in total. The standard InChI is InChI=1S/C9H13N3O2/c1-3-4-11-8(13)7-5-14-9(12-7)6(2)10/h3,5-6H,1,4,10H2,2H3,(H,11,13). The van der Waals surface area contributed by atoms with Crippen LogP contribution in [0.2, 0.25) is 0 Å². The lowest BCUT2D eigenvalue weighted by Gasteiger charge is -1.97. The van der Waals surface area contributed by atoms with Crippen LogP contribution in [0.3, 0.4) is 0 Å². The summed E-state index contributed by atoms with van der Waals surface area (Å²) in [6, 6.07) is -0.309. The minimum absolute atomic E-state index is 0.235. The molecule has 0 aliphatic heterocycles. The van der Waals surface area contributed by atoms with Crippen LogP contribution in [0.5, 0.6) is 0 Å². The fraction of sp³-hybridized carbons (Fsp3) is 0.333. The van der Waals surface area contributed by atoms with Crippen molar-refractivity contribution < 1.29 is 9.21 Å². The molecule has 3 N–H and O–H groups in total. The van der Waals surface area contributed by atoms with Crippen molar-refractivity contribution in [1.29, 1.82) is 0 Å². The molecule has 0 aromatic carbocycles. The zero-order valence-electron chi connectivity index (χ0n) is 7.99. The van der Waals surface area contributed by atoms with E-state index in [9.17, 15) is 4.79 Å². The lowest BCUT2D eigenvalue weighted by atomic mass is 10.4. The smallest absolute Gasteiger partial charge is 0.273 e. The predicted molar refractivity (Wildman–Crippen MR) is 51.6 cm³/mol. The van der Waals surface area contributed by atoms with Crippen LogP contribution in [-0.2, 0) is 0 Å². The van der Waals surface area contributed by atoms with E-state index >= 15 is 0 Å². The molecule has 0 radical (unpaired) electrons. The number of aromatic nitrogens is 1. The molecule has 14 heavy (non-hydrogen) atoms. The van der Waals surface area contributed by atoms with Crippen LogP contribution in [0.1, 0.15) is 29.3 Å². The Bertz CT molecular complexity index is 331. The van der Waals surface area contributed by atoms with Gasteiger partial charge in [-0.05, 0) is 6.92 Å². The highest BCUT2D eigenvalue weighted by Gasteiger charge is 2.13. The van der Waals surface area contributed by atoms with Gasteiger partial charge in [0.25, 0.3) is 5.91 Å². The van der Waals surface area contributed by atoms with Crippen molar-refractivity contribution >= 4 is 5.91 Å². The summed E-state index contributed by atoms with van der Waals surface area (Å²) < 4.78 is 5.00. The van der Waals surface area contributed by atoms with Crippen LogP contribution in [0, 0.1) is 0 Å². The van der Waals surface area contributed by atoms with E-state index in [-0.39, 0.29) is 17.6 Å². The van der Waals surface area contributed by atoms with Crippen molar-refractivity contribution in [3.63, 3.8) is 0 Å². The Labute approximate surface area is 82.0 Å². The van der Waals surface area contributed by atoms with Crippen LogP contribution < -0.4 is 11.1 Å². The highest BCUT2D eigenvalue weighted by atomic mass is 16.3. The van der Waals surface area contributed by atoms with Gasteiger partial charge in [0.2, 0.25) is 5.89 Å². The lowest BCUT2D eigenvalue weighted by Crippen LogP contribution is -2.23. The van der Waals surface area contributed by atoms with E-state index in [1.165, 1.54) is 6.26 Å². The molecule has 1 aromatic rings. The summed E-state index contributed by atoms with van der Waals surface area (Å²) in [5, 5.41) is 2.58. The molecule has 0 bridgehead atoms. The quantitative estimate of drug-likeness (QED) is 0.690. The van der Waals surface area contributed by atoms with Crippen LogP contribution in [0.15, 0.2) is 23.3 Å². The molecule has 1 aromatic heterocycles. The van der Waals surface area contributed by atoms with Gasteiger partial charge in [-0.3, -0.25) is 4.79 Å². The number of amides is 1. The number of nitrogens with zero attached hydrogens (tertiary/aromatic N) is 1. The second-order valence-electron chi connectivity index (χ2n) is 2.86. The zero-order valence-corrected chi connectivity index (χ0v) is 7.99. The Kier molecular flexibility index (Phi) is 3.41. The van der Waals surface area contributed by atoms with E-state index in [4.69, 9.17) is 10.2 Å². The highest BCUT2D eigenvalue weighted by Crippen LogP contribution is 2.08. The largest absolute Gasteiger partial charge is 0.446 e. The number of hydrogen-bond acceptors (Lipinski definition) is 4. The van der Waals surface area contributed by atoms with Gasteiger partial charge in [-0.25, -0.2) is 4.98 Å². The van der Waals surface area contributed by atoms with E-state index in [1.807, 2.05) is 0 Å². The van der Waals surface area contributed by atoms with Gasteiger partial charge in [-0.15, -0.1) is 6.58 Å². The van der Waals surface area contributed by atoms with Crippen molar-refractivity contribution in [2.75, 3.05) is 6.54 Å². The molecule has 1 heterocycles. The molecule has 0 aliphatic carbocycles. The fourth-order valence-electron chi connectivity index (χ4n) is 0.856. The van der Waals surface area contributed by atoms with E-state index in [0.717, 1.165) is 0 Å². The summed E-state index contributed by atoms with van der Waals surface area (Å²) in [7, 11) is 0. The number of oxazole rings is 1. The molecular weight excluding hydrogens is 182 g/mol. The zero-order chi connectivity index (χ0) is 10.6. The Hall–Kier alpha value is -1.62. The number of nitrogens with one attached hydrogen (secondary N) is 1. The van der Waals surface area contributed by atoms with Gasteiger partial charge in [-0.1, -0.05) is 6.08 Å². The maximum absolute atomic E-state index is 11.3. The van der Waals surface area contributed by atoms with Crippen LogP contribution in [0.4, 0.5) is 0 Å². The van der Waals surface area contributed by atoms with Gasteiger partial charge in [0.1, 0.15) is 6.26 Å². The molecule has 0 spiro atoms. The first-order valence-corrected chi connectivity index (χ1v) is 4.25. The Morgan fingerprint density at radius 1 is 1.93 bits per heavy atom. The van der Waals surface area contributed by atoms with Crippen molar-refractivity contribution in [3.05, 3.63) is 30.5 Å². The third kappa shape index (κ3) is 2.43. The highest BCUT2D eigenvalue weighted by molar-refractivity contribution is 5.91. The predicted octanol–water partition coefficient (Wildman–Crippen LogP) is 0.610. The number of hydrogen-bond donors (Lipinski definition) is 2. The van der Waals surface area contributed by atoms with Crippen LogP contribution in [-0.4, -0.2) is 17.4 Å². The Balaban J connectivity index is 2.66. The molecule has 0 saturated carbocycles. The number of rotatable bonds is 4. The van der Waals surface area contributed by atoms with Gasteiger partial charge >= 0.3 is 0 Å². The third-order valence-corrected chi connectivity index (χ3v) is 1.55. The molecule has 0 aliphatic rings. The minimum Gasteiger partial charge on any atom is -0.446 e. The topological polar surface area (TPSA) is 81.2 Å². The first kappa shape index (κ1) is 10.5. The van der Waals surface area contributed by atoms with Crippen molar-refractivity contribution in [2.45, 2.75) is 13.0 Å². The van der Waals surface area contributed by atoms with Crippen LogP contribution >= 0.6 is 0 Å². The molecule has 0 fully saturated rings. The monoisotopic (exact) mass is 195 g/mol. The summed E-state index contributed by atoms with van der Waals surface area (Å²) in [6.07, 6.45) is 2.88. The van der Waals surface area contributed by atoms with Crippen molar-refractivity contribution in [1.82, 2.24) is 10.3 Å². The first-order chi connectivity index (χ1) is 6.65. The molecule has 1 atom stereocenters. The number of carbonyl (C=O) groups excluding carboxylic acids is 1. The molecule has 76 valence electrons. The summed E-state index contributed by atoms with van der Waals surface area (Å²) >= 11 is 0. The van der Waals surface area contributed by atoms with Crippen LogP contribution in [0.25, 0.3) is 0 Å². The van der Waals surface area contributed by atoms with Gasteiger partial charge in [-0.2, -0.15) is 0 Å². The second-order valence-corrected chi connectivity index (χ2v) is 2.86. The lowest BCUT2D eigenvalue weighted by molar-refractivity contribution is 0.0953. The summed E-state index contributed by atoms with van der Waals surface area (Å²) in [6.45, 7) is 5.62. The molecule has 1 amide bonds. The number of nitrogens with two attached hydrogens (primary N) is 1. The van der Waals surface area contributed by atoms with Gasteiger partial charge in [0.05, 0.1) is 6.04 Å². The van der Waals surface area contributed by atoms with Crippen molar-refractivity contribution in [3.8, 4) is 0 Å². The first-order valence-electron chi connectivity index (χ1n) is 4.25. The SMILES string of the molecule is C=CCNC(=O)c1coc(C(C)N)n1. The van der Waals surface area contributed by atoms with Crippen molar-refractivity contribution in [2.24, 2.45) is 5.73 Å². The van der Waals surface area contributed by atoms with Gasteiger partial charge in [0, 0.05) is 6.54 Å². The van der Waals surface area contributed by atoms with E-state index in [2.05, 4.69) is 16.9 Å². The molecule has 0 saturated heterocycles. The Morgan fingerprint density at radius 2 is 2.64 bits per heavy atom. The molecule has 1 rings (SSSR count). The Morgan fingerprint density at radius 3 is 3.14 bits per heavy atom. The summed E-state index contributed by atoms with van der Waals surface area (Å²) in [5.74, 6) is 0.0642. The fourth-order valence-corrected chi connectivity index (χ4v) is 0.856. The average Bonchev–Trinajstić information content (AvgIpc) is 2.62. The second kappa shape index (κ2) is 4.57. The summed E-state index contributed by atoms with van der Waals surface area (Å²) in [5.41, 5.74) is 5.76. The van der Waals surface area contributed by atoms with E-state index in [1.54, 1.807) is 13.0 Å². The molecule has 1 unspecified atom stereocenters. The maximum atomic E-state index is 11.3. The summed E-state index contributed by atoms with van der Waals surface area (Å²) in [4.78, 5) is 15.2. The molecule has 5 heteroatoms. The van der Waals surface area contributed by atoms with E-state index < -0.39 is 0 Å².